The summed E-state index contributed by atoms with van der Waals surface area (Å²) in [6.07, 6.45) is -0.921. The number of amides is 1. The van der Waals surface area contributed by atoms with Crippen molar-refractivity contribution in [3.8, 4) is 16.9 Å². The molecule has 1 unspecified atom stereocenters. The van der Waals surface area contributed by atoms with Crippen LogP contribution < -0.4 is 9.64 Å². The lowest BCUT2D eigenvalue weighted by Gasteiger charge is -2.28. The third-order valence-electron chi connectivity index (χ3n) is 5.90. The number of benzene rings is 3. The van der Waals surface area contributed by atoms with E-state index in [1.54, 1.807) is 43.4 Å². The minimum Gasteiger partial charge on any atom is -0.482 e. The van der Waals surface area contributed by atoms with Crippen LogP contribution in [0, 0.1) is 5.82 Å². The van der Waals surface area contributed by atoms with Crippen LogP contribution in [0.4, 0.5) is 10.1 Å². The minimum absolute atomic E-state index is 0.0244. The smallest absolute Gasteiger partial charge is 0.335 e. The van der Waals surface area contributed by atoms with Gasteiger partial charge in [-0.3, -0.25) is 4.79 Å². The van der Waals surface area contributed by atoms with E-state index in [1.807, 2.05) is 6.92 Å². The maximum atomic E-state index is 14.4. The third-order valence-corrected chi connectivity index (χ3v) is 6.23. The highest BCUT2D eigenvalue weighted by Crippen LogP contribution is 2.40. The van der Waals surface area contributed by atoms with E-state index < -0.39 is 23.8 Å². The second kappa shape index (κ2) is 8.84. The summed E-state index contributed by atoms with van der Waals surface area (Å²) < 4.78 is 19.9. The molecule has 1 aliphatic heterocycles. The van der Waals surface area contributed by atoms with Crippen molar-refractivity contribution >= 4 is 29.2 Å². The van der Waals surface area contributed by atoms with Gasteiger partial charge in [0.05, 0.1) is 17.4 Å². The van der Waals surface area contributed by atoms with Crippen molar-refractivity contribution in [1.29, 1.82) is 0 Å². The summed E-state index contributed by atoms with van der Waals surface area (Å²) in [7, 11) is 1.65. The molecule has 0 aromatic heterocycles. The summed E-state index contributed by atoms with van der Waals surface area (Å²) >= 11 is 6.50. The maximum absolute atomic E-state index is 14.4. The number of aromatic carboxylic acids is 1. The zero-order valence-corrected chi connectivity index (χ0v) is 18.6. The first-order valence-electron chi connectivity index (χ1n) is 10.2. The van der Waals surface area contributed by atoms with Gasteiger partial charge in [-0.05, 0) is 47.0 Å². The van der Waals surface area contributed by atoms with Crippen molar-refractivity contribution < 1.29 is 28.9 Å². The van der Waals surface area contributed by atoms with Gasteiger partial charge >= 0.3 is 5.97 Å². The summed E-state index contributed by atoms with van der Waals surface area (Å²) in [5, 5.41) is 20.4. The molecule has 0 fully saturated rings. The number of carboxylic acid groups (broad SMARTS) is 1. The molecule has 33 heavy (non-hydrogen) atoms. The molecular weight excluding hydrogens is 449 g/mol. The standard InChI is InChI=1S/C25H21ClFNO5/c1-13(24(30)15-5-8-22-21(11-15)28(2)23(29)12-33-22)17-6-3-14(9-19(17)26)18-7-4-16(25(31)32)10-20(18)27/h3-11,13,24,30H,12H2,1-2H3,(H,31,32)/t13-,24?/m0/s1. The topological polar surface area (TPSA) is 87.1 Å². The second-order valence-electron chi connectivity index (χ2n) is 7.94. The Balaban J connectivity index is 1.61. The number of aliphatic hydroxyl groups excluding tert-OH is 1. The van der Waals surface area contributed by atoms with Gasteiger partial charge in [0.15, 0.2) is 6.61 Å². The number of carbonyl (C=O) groups is 2. The summed E-state index contributed by atoms with van der Waals surface area (Å²) in [5.74, 6) is -1.89. The van der Waals surface area contributed by atoms with Crippen LogP contribution in [0.1, 0.15) is 40.4 Å². The minimum atomic E-state index is -1.21. The zero-order valence-electron chi connectivity index (χ0n) is 17.9. The molecule has 2 atom stereocenters. The van der Waals surface area contributed by atoms with Crippen LogP contribution in [0.3, 0.4) is 0 Å². The fraction of sp³-hybridized carbons (Fsp3) is 0.200. The molecule has 0 spiro atoms. The molecule has 170 valence electrons. The highest BCUT2D eigenvalue weighted by Gasteiger charge is 2.26. The SMILES string of the molecule is C[C@@H](c1ccc(-c2ccc(C(=O)O)cc2F)cc1Cl)C(O)c1ccc2c(c1)N(C)C(=O)CO2. The van der Waals surface area contributed by atoms with E-state index in [-0.39, 0.29) is 23.6 Å². The number of halogens is 2. The molecule has 3 aromatic rings. The maximum Gasteiger partial charge on any atom is 0.335 e. The molecule has 2 N–H and O–H groups in total. The van der Waals surface area contributed by atoms with Gasteiger partial charge in [0.2, 0.25) is 0 Å². The summed E-state index contributed by atoms with van der Waals surface area (Å²) in [5.41, 5.74) is 2.42. The Morgan fingerprint density at radius 1 is 1.15 bits per heavy atom. The summed E-state index contributed by atoms with van der Waals surface area (Å²) in [6, 6.07) is 13.9. The van der Waals surface area contributed by atoms with Crippen LogP contribution >= 0.6 is 11.6 Å². The molecule has 1 heterocycles. The van der Waals surface area contributed by atoms with Gasteiger partial charge in [-0.2, -0.15) is 0 Å². The van der Waals surface area contributed by atoms with Crippen molar-refractivity contribution in [1.82, 2.24) is 0 Å². The lowest BCUT2D eigenvalue weighted by molar-refractivity contribution is -0.121. The van der Waals surface area contributed by atoms with Gasteiger partial charge in [0.25, 0.3) is 5.91 Å². The van der Waals surface area contributed by atoms with E-state index in [9.17, 15) is 19.1 Å². The Labute approximate surface area is 194 Å². The van der Waals surface area contributed by atoms with Crippen molar-refractivity contribution in [2.75, 3.05) is 18.6 Å². The van der Waals surface area contributed by atoms with E-state index in [2.05, 4.69) is 0 Å². The molecule has 1 aliphatic rings. The molecular formula is C25H21ClFNO5. The number of rotatable bonds is 5. The first kappa shape index (κ1) is 22.8. The average molecular weight is 470 g/mol. The van der Waals surface area contributed by atoms with Crippen LogP contribution in [0.25, 0.3) is 11.1 Å². The highest BCUT2D eigenvalue weighted by atomic mass is 35.5. The number of fused-ring (bicyclic) bond motifs is 1. The zero-order chi connectivity index (χ0) is 23.9. The Hall–Kier alpha value is -3.42. The monoisotopic (exact) mass is 469 g/mol. The number of ether oxygens (including phenoxy) is 1. The van der Waals surface area contributed by atoms with Crippen LogP contribution in [0.15, 0.2) is 54.6 Å². The number of carbonyl (C=O) groups excluding carboxylic acids is 1. The van der Waals surface area contributed by atoms with Gasteiger partial charge < -0.3 is 19.8 Å². The largest absolute Gasteiger partial charge is 0.482 e. The molecule has 0 saturated carbocycles. The molecule has 0 aliphatic carbocycles. The molecule has 4 rings (SSSR count). The molecule has 1 amide bonds. The Morgan fingerprint density at radius 3 is 2.58 bits per heavy atom. The quantitative estimate of drug-likeness (QED) is 0.547. The number of likely N-dealkylation sites (N-methyl/N-ethyl adjacent to an activating group) is 1. The number of anilines is 1. The van der Waals surface area contributed by atoms with E-state index in [4.69, 9.17) is 21.4 Å². The fourth-order valence-electron chi connectivity index (χ4n) is 3.88. The Kier molecular flexibility index (Phi) is 6.10. The number of carboxylic acids is 1. The predicted octanol–water partition coefficient (Wildman–Crippen LogP) is 5.04. The fourth-order valence-corrected chi connectivity index (χ4v) is 4.23. The van der Waals surface area contributed by atoms with Gasteiger partial charge in [0.1, 0.15) is 11.6 Å². The molecule has 8 heteroatoms. The van der Waals surface area contributed by atoms with Gasteiger partial charge in [-0.15, -0.1) is 0 Å². The van der Waals surface area contributed by atoms with Crippen LogP contribution in [0.2, 0.25) is 5.02 Å². The van der Waals surface area contributed by atoms with Crippen LogP contribution in [-0.2, 0) is 4.79 Å². The van der Waals surface area contributed by atoms with Gasteiger partial charge in [-0.1, -0.05) is 42.8 Å². The molecule has 0 bridgehead atoms. The van der Waals surface area contributed by atoms with Gasteiger partial charge in [0, 0.05) is 23.6 Å². The highest BCUT2D eigenvalue weighted by molar-refractivity contribution is 6.31. The number of aliphatic hydroxyl groups is 1. The lowest BCUT2D eigenvalue weighted by atomic mass is 9.89. The first-order chi connectivity index (χ1) is 15.7. The van der Waals surface area contributed by atoms with Crippen LogP contribution in [-0.4, -0.2) is 35.7 Å². The number of nitrogens with zero attached hydrogens (tertiary/aromatic N) is 1. The van der Waals surface area contributed by atoms with Crippen molar-refractivity contribution in [2.24, 2.45) is 0 Å². The van der Waals surface area contributed by atoms with E-state index in [0.29, 0.717) is 33.1 Å². The van der Waals surface area contributed by atoms with E-state index >= 15 is 0 Å². The van der Waals surface area contributed by atoms with Crippen molar-refractivity contribution in [3.63, 3.8) is 0 Å². The normalized spacial score (nSPS) is 14.9. The number of hydrogen-bond acceptors (Lipinski definition) is 4. The van der Waals surface area contributed by atoms with E-state index in [0.717, 1.165) is 6.07 Å². The van der Waals surface area contributed by atoms with Crippen molar-refractivity contribution in [3.05, 3.63) is 82.1 Å². The van der Waals surface area contributed by atoms with Crippen LogP contribution in [0.5, 0.6) is 5.75 Å². The summed E-state index contributed by atoms with van der Waals surface area (Å²) in [6.45, 7) is 1.79. The first-order valence-corrected chi connectivity index (χ1v) is 10.6. The second-order valence-corrected chi connectivity index (χ2v) is 8.35. The third kappa shape index (κ3) is 4.29. The predicted molar refractivity (Wildman–Crippen MR) is 123 cm³/mol. The Bertz CT molecular complexity index is 1260. The number of hydrogen-bond donors (Lipinski definition) is 2. The Morgan fingerprint density at radius 2 is 1.91 bits per heavy atom. The molecule has 6 nitrogen and oxygen atoms in total. The molecule has 0 radical (unpaired) electrons. The van der Waals surface area contributed by atoms with E-state index in [1.165, 1.54) is 17.0 Å². The summed E-state index contributed by atoms with van der Waals surface area (Å²) in [4.78, 5) is 24.5. The van der Waals surface area contributed by atoms with Crippen molar-refractivity contribution in [2.45, 2.75) is 18.9 Å². The average Bonchev–Trinajstić information content (AvgIpc) is 2.80. The van der Waals surface area contributed by atoms with Gasteiger partial charge in [-0.25, -0.2) is 9.18 Å². The molecule has 3 aromatic carbocycles. The molecule has 0 saturated heterocycles. The lowest BCUT2D eigenvalue weighted by Crippen LogP contribution is -2.35.